The van der Waals surface area contributed by atoms with Crippen LogP contribution in [0.25, 0.3) is 28.1 Å². The molecule has 2 aromatic heterocycles. The van der Waals surface area contributed by atoms with E-state index in [2.05, 4.69) is 22.1 Å². The number of aromatic nitrogens is 4. The lowest BCUT2D eigenvalue weighted by Gasteiger charge is -2.10. The molecule has 4 aromatic rings. The normalized spacial score (nSPS) is 11.4. The first-order valence-corrected chi connectivity index (χ1v) is 9.58. The fourth-order valence-electron chi connectivity index (χ4n) is 3.03. The van der Waals surface area contributed by atoms with Crippen LogP contribution in [0.3, 0.4) is 0 Å². The average molecular weight is 401 g/mol. The second kappa shape index (κ2) is 7.33. The Bertz CT molecular complexity index is 1140. The highest BCUT2D eigenvalue weighted by atomic mass is 35.5. The smallest absolute Gasteiger partial charge is 0.183 e. The van der Waals surface area contributed by atoms with Gasteiger partial charge in [-0.25, -0.2) is 4.98 Å². The topological polar surface area (TPSA) is 52.3 Å². The fourth-order valence-corrected chi connectivity index (χ4v) is 3.40. The minimum Gasteiger partial charge on any atom is -0.494 e. The predicted molar refractivity (Wildman–Crippen MR) is 109 cm³/mol. The van der Waals surface area contributed by atoms with E-state index < -0.39 is 0 Å². The monoisotopic (exact) mass is 400 g/mol. The van der Waals surface area contributed by atoms with Gasteiger partial charge in [0.05, 0.1) is 28.4 Å². The zero-order valence-corrected chi connectivity index (χ0v) is 16.6. The molecule has 0 saturated heterocycles. The zero-order valence-electron chi connectivity index (χ0n) is 15.0. The quantitative estimate of drug-likeness (QED) is 0.400. The first-order chi connectivity index (χ1) is 13.1. The minimum absolute atomic E-state index is 0.587. The molecule has 7 heteroatoms. The second-order valence-electron chi connectivity index (χ2n) is 6.36. The van der Waals surface area contributed by atoms with Crippen molar-refractivity contribution in [3.05, 3.63) is 52.1 Å². The van der Waals surface area contributed by atoms with Crippen molar-refractivity contribution in [3.8, 4) is 17.1 Å². The zero-order chi connectivity index (χ0) is 19.0. The summed E-state index contributed by atoms with van der Waals surface area (Å²) in [6.07, 6.45) is 2.08. The van der Waals surface area contributed by atoms with Crippen molar-refractivity contribution >= 4 is 39.9 Å². The third-order valence-electron chi connectivity index (χ3n) is 4.40. The number of ether oxygens (including phenoxy) is 1. The van der Waals surface area contributed by atoms with Crippen molar-refractivity contribution in [2.75, 3.05) is 6.61 Å². The van der Waals surface area contributed by atoms with E-state index in [1.165, 1.54) is 0 Å². The van der Waals surface area contributed by atoms with Crippen LogP contribution in [0, 0.1) is 6.92 Å². The van der Waals surface area contributed by atoms with Crippen LogP contribution >= 0.6 is 23.2 Å². The number of rotatable bonds is 5. The molecule has 0 N–H and O–H groups in total. The number of aryl methyl sites for hydroxylation is 1. The summed E-state index contributed by atoms with van der Waals surface area (Å²) in [5.74, 6) is 1.41. The Morgan fingerprint density at radius 3 is 2.74 bits per heavy atom. The van der Waals surface area contributed by atoms with Crippen molar-refractivity contribution in [3.63, 3.8) is 0 Å². The highest BCUT2D eigenvalue weighted by Gasteiger charge is 2.17. The molecule has 0 saturated carbocycles. The van der Waals surface area contributed by atoms with Gasteiger partial charge in [-0.15, -0.1) is 10.2 Å². The van der Waals surface area contributed by atoms with Gasteiger partial charge in [0.15, 0.2) is 11.5 Å². The summed E-state index contributed by atoms with van der Waals surface area (Å²) >= 11 is 12.6. The Kier molecular flexibility index (Phi) is 4.89. The maximum Gasteiger partial charge on any atom is 0.183 e. The number of fused-ring (bicyclic) bond motifs is 3. The van der Waals surface area contributed by atoms with Crippen LogP contribution in [0.5, 0.6) is 5.75 Å². The van der Waals surface area contributed by atoms with E-state index >= 15 is 0 Å². The summed E-state index contributed by atoms with van der Waals surface area (Å²) in [4.78, 5) is 4.60. The Morgan fingerprint density at radius 1 is 1.07 bits per heavy atom. The van der Waals surface area contributed by atoms with Gasteiger partial charge in [-0.3, -0.25) is 4.40 Å². The van der Waals surface area contributed by atoms with Gasteiger partial charge in [-0.05, 0) is 49.7 Å². The van der Waals surface area contributed by atoms with Crippen LogP contribution in [0.2, 0.25) is 10.0 Å². The maximum absolute atomic E-state index is 6.49. The SMILES string of the molecule is CCCCOc1ccc(Cl)c(-c2nnc3c(C)nc4cc(Cl)ccc4n23)c1. The van der Waals surface area contributed by atoms with Gasteiger partial charge in [0.25, 0.3) is 0 Å². The van der Waals surface area contributed by atoms with E-state index in [9.17, 15) is 0 Å². The third-order valence-corrected chi connectivity index (χ3v) is 4.96. The van der Waals surface area contributed by atoms with Crippen LogP contribution in [0.4, 0.5) is 0 Å². The highest BCUT2D eigenvalue weighted by Crippen LogP contribution is 2.33. The van der Waals surface area contributed by atoms with Crippen molar-refractivity contribution in [1.82, 2.24) is 19.6 Å². The van der Waals surface area contributed by atoms with Crippen molar-refractivity contribution in [2.24, 2.45) is 0 Å². The van der Waals surface area contributed by atoms with Gasteiger partial charge in [0.2, 0.25) is 0 Å². The molecule has 0 amide bonds. The molecule has 0 atom stereocenters. The summed E-state index contributed by atoms with van der Waals surface area (Å²) in [6.45, 7) is 4.70. The summed E-state index contributed by atoms with van der Waals surface area (Å²) in [7, 11) is 0. The summed E-state index contributed by atoms with van der Waals surface area (Å²) < 4.78 is 7.80. The molecule has 0 spiro atoms. The number of benzene rings is 2. The Balaban J connectivity index is 1.92. The number of nitrogens with zero attached hydrogens (tertiary/aromatic N) is 4. The highest BCUT2D eigenvalue weighted by molar-refractivity contribution is 6.33. The largest absolute Gasteiger partial charge is 0.494 e. The fraction of sp³-hybridized carbons (Fsp3) is 0.250. The van der Waals surface area contributed by atoms with Crippen molar-refractivity contribution < 1.29 is 4.74 Å². The van der Waals surface area contributed by atoms with Crippen LogP contribution in [0.15, 0.2) is 36.4 Å². The molecule has 4 rings (SSSR count). The molecule has 0 bridgehead atoms. The molecule has 2 aromatic carbocycles. The number of hydrogen-bond donors (Lipinski definition) is 0. The minimum atomic E-state index is 0.587. The van der Waals surface area contributed by atoms with Gasteiger partial charge >= 0.3 is 0 Å². The molecule has 0 aliphatic carbocycles. The van der Waals surface area contributed by atoms with Crippen molar-refractivity contribution in [1.29, 1.82) is 0 Å². The van der Waals surface area contributed by atoms with Gasteiger partial charge in [0.1, 0.15) is 5.75 Å². The molecular formula is C20H18Cl2N4O. The lowest BCUT2D eigenvalue weighted by molar-refractivity contribution is 0.309. The molecule has 0 unspecified atom stereocenters. The van der Waals surface area contributed by atoms with Crippen LogP contribution in [-0.4, -0.2) is 26.2 Å². The first-order valence-electron chi connectivity index (χ1n) is 8.82. The molecule has 27 heavy (non-hydrogen) atoms. The number of hydrogen-bond acceptors (Lipinski definition) is 4. The summed E-state index contributed by atoms with van der Waals surface area (Å²) in [5.41, 5.74) is 3.87. The molecule has 0 aliphatic heterocycles. The lowest BCUT2D eigenvalue weighted by atomic mass is 10.2. The molecule has 5 nitrogen and oxygen atoms in total. The van der Waals surface area contributed by atoms with Crippen LogP contribution in [0.1, 0.15) is 25.5 Å². The molecule has 138 valence electrons. The molecule has 2 heterocycles. The molecular weight excluding hydrogens is 383 g/mol. The van der Waals surface area contributed by atoms with Gasteiger partial charge in [0, 0.05) is 10.6 Å². The van der Waals surface area contributed by atoms with E-state index in [0.717, 1.165) is 40.9 Å². The van der Waals surface area contributed by atoms with E-state index in [0.29, 0.717) is 28.1 Å². The van der Waals surface area contributed by atoms with Crippen molar-refractivity contribution in [2.45, 2.75) is 26.7 Å². The van der Waals surface area contributed by atoms with E-state index in [-0.39, 0.29) is 0 Å². The lowest BCUT2D eigenvalue weighted by Crippen LogP contribution is -1.99. The molecule has 0 aliphatic rings. The Morgan fingerprint density at radius 2 is 1.93 bits per heavy atom. The van der Waals surface area contributed by atoms with E-state index in [4.69, 9.17) is 27.9 Å². The van der Waals surface area contributed by atoms with E-state index in [1.54, 1.807) is 0 Å². The van der Waals surface area contributed by atoms with Crippen LogP contribution in [-0.2, 0) is 0 Å². The summed E-state index contributed by atoms with van der Waals surface area (Å²) in [6, 6.07) is 11.2. The van der Waals surface area contributed by atoms with Gasteiger partial charge in [-0.1, -0.05) is 36.5 Å². The number of halogens is 2. The predicted octanol–water partition coefficient (Wildman–Crippen LogP) is 5.74. The third kappa shape index (κ3) is 3.33. The standard InChI is InChI=1S/C20H18Cl2N4O/c1-3-4-9-27-14-6-7-16(22)15(11-14)20-25-24-19-12(2)23-17-10-13(21)5-8-18(17)26(19)20/h5-8,10-11H,3-4,9H2,1-2H3. The Hall–Kier alpha value is -2.37. The average Bonchev–Trinajstić information content (AvgIpc) is 3.09. The number of unbranched alkanes of at least 4 members (excludes halogenated alkanes) is 1. The van der Waals surface area contributed by atoms with Crippen LogP contribution < -0.4 is 4.74 Å². The maximum atomic E-state index is 6.49. The molecule has 0 radical (unpaired) electrons. The van der Waals surface area contributed by atoms with Gasteiger partial charge in [-0.2, -0.15) is 0 Å². The summed E-state index contributed by atoms with van der Waals surface area (Å²) in [5, 5.41) is 9.95. The second-order valence-corrected chi connectivity index (χ2v) is 7.20. The molecule has 0 fully saturated rings. The first kappa shape index (κ1) is 18.0. The van der Waals surface area contributed by atoms with Gasteiger partial charge < -0.3 is 4.74 Å². The Labute approximate surface area is 166 Å². The van der Waals surface area contributed by atoms with E-state index in [1.807, 2.05) is 47.7 Å².